The molecule has 108 valence electrons. The molecule has 3 N–H and O–H groups in total. The average Bonchev–Trinajstić information content (AvgIpc) is 2.55. The molecular formula is C18H20N2O. The third-order valence-corrected chi connectivity index (χ3v) is 3.20. The molecule has 0 atom stereocenters. The molecule has 0 spiro atoms. The van der Waals surface area contributed by atoms with E-state index in [9.17, 15) is 4.79 Å². The van der Waals surface area contributed by atoms with Gasteiger partial charge < -0.3 is 11.1 Å². The van der Waals surface area contributed by atoms with E-state index in [-0.39, 0.29) is 0 Å². The Balaban J connectivity index is 0.000000154. The molecule has 3 rings (SSSR count). The minimum absolute atomic E-state index is 0.422. The second-order valence-corrected chi connectivity index (χ2v) is 4.83. The van der Waals surface area contributed by atoms with Crippen LogP contribution in [0.15, 0.2) is 60.7 Å². The van der Waals surface area contributed by atoms with Gasteiger partial charge in [0.25, 0.3) is 0 Å². The number of carbonyl (C=O) groups excluding carboxylic acids is 1. The van der Waals surface area contributed by atoms with E-state index in [0.717, 1.165) is 12.1 Å². The van der Waals surface area contributed by atoms with Crippen molar-refractivity contribution in [2.45, 2.75) is 12.8 Å². The Morgan fingerprint density at radius 3 is 2.48 bits per heavy atom. The van der Waals surface area contributed by atoms with Gasteiger partial charge in [0.05, 0.1) is 0 Å². The van der Waals surface area contributed by atoms with E-state index in [4.69, 9.17) is 5.73 Å². The number of para-hydroxylation sites is 1. The Hall–Kier alpha value is -2.55. The highest BCUT2D eigenvalue weighted by Gasteiger charge is 2.04. The van der Waals surface area contributed by atoms with Gasteiger partial charge in [-0.15, -0.1) is 0 Å². The lowest BCUT2D eigenvalue weighted by Gasteiger charge is -2.16. The van der Waals surface area contributed by atoms with Gasteiger partial charge in [0, 0.05) is 18.3 Å². The highest BCUT2D eigenvalue weighted by Crippen LogP contribution is 2.20. The lowest BCUT2D eigenvalue weighted by molar-refractivity contribution is -0.113. The first-order valence-electron chi connectivity index (χ1n) is 7.10. The van der Waals surface area contributed by atoms with Crippen LogP contribution in [0.25, 0.3) is 6.08 Å². The largest absolute Gasteiger partial charge is 0.385 e. The zero-order chi connectivity index (χ0) is 14.9. The number of amides is 1. The van der Waals surface area contributed by atoms with Gasteiger partial charge in [-0.3, -0.25) is 4.79 Å². The molecule has 0 fully saturated rings. The maximum absolute atomic E-state index is 10.3. The summed E-state index contributed by atoms with van der Waals surface area (Å²) in [5, 5.41) is 3.36. The van der Waals surface area contributed by atoms with Crippen LogP contribution in [0, 0.1) is 0 Å². The minimum Gasteiger partial charge on any atom is -0.385 e. The van der Waals surface area contributed by atoms with E-state index in [1.165, 1.54) is 30.2 Å². The zero-order valence-corrected chi connectivity index (χ0v) is 12.0. The SMILES string of the molecule is NC(=O)C=Cc1ccccc1.c1ccc2c(c1)CCCN2. The summed E-state index contributed by atoms with van der Waals surface area (Å²) in [7, 11) is 0. The van der Waals surface area contributed by atoms with Gasteiger partial charge in [-0.1, -0.05) is 48.5 Å². The average molecular weight is 280 g/mol. The standard InChI is InChI=1S/C9H9NO.C9H11N/c10-9(11)7-6-8-4-2-1-3-5-8;1-2-6-9-8(4-1)5-3-7-10-9/h1-7H,(H2,10,11);1-2,4,6,10H,3,5,7H2. The number of rotatable bonds is 2. The second kappa shape index (κ2) is 7.90. The summed E-state index contributed by atoms with van der Waals surface area (Å²) in [6, 6.07) is 18.1. The number of hydrogen-bond donors (Lipinski definition) is 2. The van der Waals surface area contributed by atoms with Crippen LogP contribution in [0.5, 0.6) is 0 Å². The van der Waals surface area contributed by atoms with Crippen LogP contribution >= 0.6 is 0 Å². The van der Waals surface area contributed by atoms with Crippen LogP contribution in [0.1, 0.15) is 17.5 Å². The quantitative estimate of drug-likeness (QED) is 0.830. The number of hydrogen-bond acceptors (Lipinski definition) is 2. The molecule has 0 radical (unpaired) electrons. The molecule has 2 aromatic carbocycles. The number of nitrogens with two attached hydrogens (primary N) is 1. The summed E-state index contributed by atoms with van der Waals surface area (Å²) in [4.78, 5) is 10.3. The maximum Gasteiger partial charge on any atom is 0.241 e. The zero-order valence-electron chi connectivity index (χ0n) is 12.0. The van der Waals surface area contributed by atoms with Crippen molar-refractivity contribution < 1.29 is 4.79 Å². The lowest BCUT2D eigenvalue weighted by Crippen LogP contribution is -2.10. The number of fused-ring (bicyclic) bond motifs is 1. The van der Waals surface area contributed by atoms with E-state index in [2.05, 4.69) is 29.6 Å². The predicted octanol–water partition coefficient (Wildman–Crippen LogP) is 3.23. The van der Waals surface area contributed by atoms with E-state index in [0.29, 0.717) is 0 Å². The number of carbonyl (C=O) groups is 1. The molecule has 2 aromatic rings. The molecule has 3 nitrogen and oxygen atoms in total. The molecule has 1 aliphatic rings. The first-order chi connectivity index (χ1) is 10.3. The van der Waals surface area contributed by atoms with Crippen molar-refractivity contribution in [3.63, 3.8) is 0 Å². The third kappa shape index (κ3) is 5.15. The Morgan fingerprint density at radius 2 is 1.76 bits per heavy atom. The lowest BCUT2D eigenvalue weighted by atomic mass is 10.0. The van der Waals surface area contributed by atoms with Crippen LogP contribution in [0.3, 0.4) is 0 Å². The van der Waals surface area contributed by atoms with Gasteiger partial charge in [-0.2, -0.15) is 0 Å². The van der Waals surface area contributed by atoms with Gasteiger partial charge in [-0.25, -0.2) is 0 Å². The van der Waals surface area contributed by atoms with E-state index < -0.39 is 5.91 Å². The third-order valence-electron chi connectivity index (χ3n) is 3.20. The van der Waals surface area contributed by atoms with Crippen molar-refractivity contribution in [1.82, 2.24) is 0 Å². The number of primary amides is 1. The Labute approximate surface area is 125 Å². The summed E-state index contributed by atoms with van der Waals surface area (Å²) in [6.07, 6.45) is 5.54. The van der Waals surface area contributed by atoms with Crippen LogP contribution in [-0.4, -0.2) is 12.5 Å². The molecule has 1 amide bonds. The second-order valence-electron chi connectivity index (χ2n) is 4.83. The summed E-state index contributed by atoms with van der Waals surface area (Å²) in [5.74, 6) is -0.422. The van der Waals surface area contributed by atoms with Crippen molar-refractivity contribution in [3.8, 4) is 0 Å². The van der Waals surface area contributed by atoms with Crippen molar-refractivity contribution in [1.29, 1.82) is 0 Å². The van der Waals surface area contributed by atoms with Crippen molar-refractivity contribution in [2.24, 2.45) is 5.73 Å². The topological polar surface area (TPSA) is 55.1 Å². The first-order valence-corrected chi connectivity index (χ1v) is 7.10. The molecule has 0 saturated heterocycles. The number of benzene rings is 2. The minimum atomic E-state index is -0.422. The van der Waals surface area contributed by atoms with Gasteiger partial charge in [-0.05, 0) is 36.1 Å². The van der Waals surface area contributed by atoms with Gasteiger partial charge in [0.15, 0.2) is 0 Å². The van der Waals surface area contributed by atoms with Gasteiger partial charge >= 0.3 is 0 Å². The fourth-order valence-electron chi connectivity index (χ4n) is 2.16. The normalized spacial score (nSPS) is 12.8. The van der Waals surface area contributed by atoms with Crippen molar-refractivity contribution in [3.05, 3.63) is 71.8 Å². The highest BCUT2D eigenvalue weighted by atomic mass is 16.1. The first kappa shape index (κ1) is 14.9. The molecule has 21 heavy (non-hydrogen) atoms. The van der Waals surface area contributed by atoms with Crippen molar-refractivity contribution in [2.75, 3.05) is 11.9 Å². The fraction of sp³-hybridized carbons (Fsp3) is 0.167. The number of anilines is 1. The number of nitrogens with one attached hydrogen (secondary N) is 1. The van der Waals surface area contributed by atoms with Crippen LogP contribution in [-0.2, 0) is 11.2 Å². The molecule has 0 aliphatic carbocycles. The van der Waals surface area contributed by atoms with E-state index >= 15 is 0 Å². The van der Waals surface area contributed by atoms with Gasteiger partial charge in [0.2, 0.25) is 5.91 Å². The molecule has 3 heteroatoms. The molecule has 0 aromatic heterocycles. The molecule has 1 aliphatic heterocycles. The fourth-order valence-corrected chi connectivity index (χ4v) is 2.16. The Kier molecular flexibility index (Phi) is 5.59. The maximum atomic E-state index is 10.3. The highest BCUT2D eigenvalue weighted by molar-refractivity contribution is 5.90. The monoisotopic (exact) mass is 280 g/mol. The predicted molar refractivity (Wildman–Crippen MR) is 87.9 cm³/mol. The summed E-state index contributed by atoms with van der Waals surface area (Å²) in [6.45, 7) is 1.14. The van der Waals surface area contributed by atoms with Gasteiger partial charge in [0.1, 0.15) is 0 Å². The van der Waals surface area contributed by atoms with Crippen LogP contribution in [0.4, 0.5) is 5.69 Å². The van der Waals surface area contributed by atoms with E-state index in [1.807, 2.05) is 30.3 Å². The van der Waals surface area contributed by atoms with Crippen molar-refractivity contribution >= 4 is 17.7 Å². The van der Waals surface area contributed by atoms with Crippen LogP contribution in [0.2, 0.25) is 0 Å². The number of aryl methyl sites for hydroxylation is 1. The molecule has 0 saturated carbocycles. The van der Waals surface area contributed by atoms with E-state index in [1.54, 1.807) is 6.08 Å². The molecule has 0 unspecified atom stereocenters. The molecule has 1 heterocycles. The summed E-state index contributed by atoms with van der Waals surface area (Å²) in [5.41, 5.74) is 8.69. The van der Waals surface area contributed by atoms with Crippen LogP contribution < -0.4 is 11.1 Å². The summed E-state index contributed by atoms with van der Waals surface area (Å²) < 4.78 is 0. The summed E-state index contributed by atoms with van der Waals surface area (Å²) >= 11 is 0. The Bertz CT molecular complexity index is 581. The molecular weight excluding hydrogens is 260 g/mol. The Morgan fingerprint density at radius 1 is 1.05 bits per heavy atom. The molecule has 0 bridgehead atoms. The smallest absolute Gasteiger partial charge is 0.241 e.